The lowest BCUT2D eigenvalue weighted by atomic mass is 10.1. The Bertz CT molecular complexity index is 630. The Morgan fingerprint density at radius 1 is 0.957 bits per heavy atom. The lowest BCUT2D eigenvalue weighted by Crippen LogP contribution is -2.24. The van der Waals surface area contributed by atoms with E-state index in [9.17, 15) is 5.11 Å². The van der Waals surface area contributed by atoms with E-state index in [2.05, 4.69) is 5.32 Å². The Labute approximate surface area is 136 Å². The average molecular weight is 317 g/mol. The van der Waals surface area contributed by atoms with Crippen LogP contribution in [0.25, 0.3) is 0 Å². The van der Waals surface area contributed by atoms with Crippen molar-refractivity contribution in [1.82, 2.24) is 5.32 Å². The van der Waals surface area contributed by atoms with E-state index < -0.39 is 0 Å². The molecule has 124 valence electrons. The van der Waals surface area contributed by atoms with Crippen LogP contribution in [-0.4, -0.2) is 33.0 Å². The van der Waals surface area contributed by atoms with Crippen molar-refractivity contribution in [1.29, 1.82) is 0 Å². The van der Waals surface area contributed by atoms with Gasteiger partial charge in [0.2, 0.25) is 0 Å². The van der Waals surface area contributed by atoms with Crippen LogP contribution in [0.5, 0.6) is 17.2 Å². The minimum Gasteiger partial charge on any atom is -0.497 e. The minimum absolute atomic E-state index is 0.0144. The molecule has 0 radical (unpaired) electrons. The van der Waals surface area contributed by atoms with Gasteiger partial charge in [-0.05, 0) is 35.4 Å². The first-order valence-electron chi connectivity index (χ1n) is 7.41. The fourth-order valence-electron chi connectivity index (χ4n) is 2.38. The van der Waals surface area contributed by atoms with Gasteiger partial charge in [-0.1, -0.05) is 18.2 Å². The third-order valence-corrected chi connectivity index (χ3v) is 3.68. The summed E-state index contributed by atoms with van der Waals surface area (Å²) in [7, 11) is 4.84. The summed E-state index contributed by atoms with van der Waals surface area (Å²) in [5, 5.41) is 13.0. The number of benzene rings is 2. The van der Waals surface area contributed by atoms with Crippen LogP contribution in [0.3, 0.4) is 0 Å². The fourth-order valence-corrected chi connectivity index (χ4v) is 2.38. The number of nitrogens with one attached hydrogen (secondary N) is 1. The number of hydrogen-bond acceptors (Lipinski definition) is 5. The first-order chi connectivity index (χ1) is 11.2. The Hall–Kier alpha value is -2.24. The Balaban J connectivity index is 2.10. The molecular weight excluding hydrogens is 294 g/mol. The molecule has 0 heterocycles. The molecule has 0 aliphatic carbocycles. The second kappa shape index (κ2) is 8.41. The normalized spacial score (nSPS) is 11.8. The molecule has 0 aromatic heterocycles. The van der Waals surface area contributed by atoms with Gasteiger partial charge in [-0.3, -0.25) is 0 Å². The largest absolute Gasteiger partial charge is 0.497 e. The van der Waals surface area contributed by atoms with E-state index in [4.69, 9.17) is 14.2 Å². The van der Waals surface area contributed by atoms with E-state index in [-0.39, 0.29) is 12.6 Å². The van der Waals surface area contributed by atoms with Crippen LogP contribution in [0.4, 0.5) is 0 Å². The Kier molecular flexibility index (Phi) is 6.26. The van der Waals surface area contributed by atoms with Gasteiger partial charge in [0, 0.05) is 6.54 Å². The summed E-state index contributed by atoms with van der Waals surface area (Å²) in [6, 6.07) is 13.3. The summed E-state index contributed by atoms with van der Waals surface area (Å²) < 4.78 is 15.8. The molecule has 0 aliphatic rings. The topological polar surface area (TPSA) is 60.0 Å². The van der Waals surface area contributed by atoms with Crippen molar-refractivity contribution in [3.63, 3.8) is 0 Å². The molecule has 2 rings (SSSR count). The minimum atomic E-state index is -0.194. The van der Waals surface area contributed by atoms with Gasteiger partial charge in [-0.2, -0.15) is 0 Å². The number of methoxy groups -OCH3 is 3. The van der Waals surface area contributed by atoms with E-state index in [1.54, 1.807) is 21.3 Å². The van der Waals surface area contributed by atoms with Crippen LogP contribution in [0.15, 0.2) is 42.5 Å². The molecule has 0 spiro atoms. The summed E-state index contributed by atoms with van der Waals surface area (Å²) in [6.07, 6.45) is 0. The summed E-state index contributed by atoms with van der Waals surface area (Å²) in [5.74, 6) is 2.13. The van der Waals surface area contributed by atoms with Crippen molar-refractivity contribution in [2.24, 2.45) is 0 Å². The summed E-state index contributed by atoms with van der Waals surface area (Å²) in [6.45, 7) is 0.607. The Morgan fingerprint density at radius 2 is 1.74 bits per heavy atom. The molecular formula is C18H23NO4. The number of rotatable bonds is 8. The maximum atomic E-state index is 9.69. The number of aliphatic hydroxyl groups excluding tert-OH is 1. The Morgan fingerprint density at radius 3 is 2.39 bits per heavy atom. The lowest BCUT2D eigenvalue weighted by molar-refractivity contribution is 0.243. The maximum absolute atomic E-state index is 9.69. The molecule has 0 saturated heterocycles. The zero-order chi connectivity index (χ0) is 16.7. The van der Waals surface area contributed by atoms with Crippen molar-refractivity contribution in [2.75, 3.05) is 27.9 Å². The van der Waals surface area contributed by atoms with Crippen molar-refractivity contribution in [2.45, 2.75) is 12.6 Å². The highest BCUT2D eigenvalue weighted by atomic mass is 16.5. The number of aliphatic hydroxyl groups is 1. The van der Waals surface area contributed by atoms with Crippen LogP contribution >= 0.6 is 0 Å². The van der Waals surface area contributed by atoms with Gasteiger partial charge in [0.15, 0.2) is 11.5 Å². The van der Waals surface area contributed by atoms with Crippen LogP contribution < -0.4 is 19.5 Å². The van der Waals surface area contributed by atoms with Crippen molar-refractivity contribution >= 4 is 0 Å². The summed E-state index contributed by atoms with van der Waals surface area (Å²) in [5.41, 5.74) is 2.02. The van der Waals surface area contributed by atoms with Crippen molar-refractivity contribution < 1.29 is 19.3 Å². The van der Waals surface area contributed by atoms with Crippen LogP contribution in [0, 0.1) is 0 Å². The molecule has 0 fully saturated rings. The van der Waals surface area contributed by atoms with Gasteiger partial charge < -0.3 is 24.6 Å². The summed E-state index contributed by atoms with van der Waals surface area (Å²) in [4.78, 5) is 0. The van der Waals surface area contributed by atoms with Gasteiger partial charge in [0.05, 0.1) is 34.0 Å². The second-order valence-electron chi connectivity index (χ2n) is 5.08. The first-order valence-corrected chi connectivity index (χ1v) is 7.41. The highest BCUT2D eigenvalue weighted by Crippen LogP contribution is 2.30. The van der Waals surface area contributed by atoms with E-state index in [0.29, 0.717) is 18.0 Å². The smallest absolute Gasteiger partial charge is 0.161 e. The van der Waals surface area contributed by atoms with Gasteiger partial charge in [-0.25, -0.2) is 0 Å². The molecule has 5 heteroatoms. The molecule has 23 heavy (non-hydrogen) atoms. The van der Waals surface area contributed by atoms with Crippen LogP contribution in [0.1, 0.15) is 17.2 Å². The van der Waals surface area contributed by atoms with Gasteiger partial charge in [0.1, 0.15) is 5.75 Å². The third kappa shape index (κ3) is 4.37. The molecule has 2 aromatic carbocycles. The lowest BCUT2D eigenvalue weighted by Gasteiger charge is -2.18. The average Bonchev–Trinajstić information content (AvgIpc) is 2.62. The van der Waals surface area contributed by atoms with E-state index in [1.165, 1.54) is 0 Å². The maximum Gasteiger partial charge on any atom is 0.161 e. The van der Waals surface area contributed by atoms with Gasteiger partial charge in [0.25, 0.3) is 0 Å². The molecule has 0 saturated carbocycles. The standard InChI is InChI=1S/C18H23NO4/c1-21-15-6-4-5-13(9-15)11-19-16(12-20)14-7-8-17(22-2)18(10-14)23-3/h4-10,16,19-20H,11-12H2,1-3H3. The van der Waals surface area contributed by atoms with E-state index in [1.807, 2.05) is 42.5 Å². The predicted octanol–water partition coefficient (Wildman–Crippen LogP) is 2.54. The highest BCUT2D eigenvalue weighted by molar-refractivity contribution is 5.43. The number of hydrogen-bond donors (Lipinski definition) is 2. The molecule has 5 nitrogen and oxygen atoms in total. The van der Waals surface area contributed by atoms with Crippen molar-refractivity contribution in [3.8, 4) is 17.2 Å². The van der Waals surface area contributed by atoms with E-state index in [0.717, 1.165) is 16.9 Å². The van der Waals surface area contributed by atoms with Crippen LogP contribution in [-0.2, 0) is 6.54 Å². The molecule has 0 bridgehead atoms. The second-order valence-corrected chi connectivity index (χ2v) is 5.08. The van der Waals surface area contributed by atoms with Crippen LogP contribution in [0.2, 0.25) is 0 Å². The molecule has 2 N–H and O–H groups in total. The number of ether oxygens (including phenoxy) is 3. The molecule has 1 atom stereocenters. The molecule has 2 aromatic rings. The van der Waals surface area contributed by atoms with Gasteiger partial charge in [-0.15, -0.1) is 0 Å². The quantitative estimate of drug-likeness (QED) is 0.783. The molecule has 1 unspecified atom stereocenters. The molecule has 0 amide bonds. The van der Waals surface area contributed by atoms with Gasteiger partial charge >= 0.3 is 0 Å². The zero-order valence-corrected chi connectivity index (χ0v) is 13.7. The van der Waals surface area contributed by atoms with E-state index >= 15 is 0 Å². The SMILES string of the molecule is COc1cccc(CNC(CO)c2ccc(OC)c(OC)c2)c1. The highest BCUT2D eigenvalue weighted by Gasteiger charge is 2.13. The third-order valence-electron chi connectivity index (χ3n) is 3.68. The molecule has 0 aliphatic heterocycles. The first kappa shape index (κ1) is 17.1. The monoisotopic (exact) mass is 317 g/mol. The predicted molar refractivity (Wildman–Crippen MR) is 89.2 cm³/mol. The van der Waals surface area contributed by atoms with Crippen molar-refractivity contribution in [3.05, 3.63) is 53.6 Å². The zero-order valence-electron chi connectivity index (χ0n) is 13.7. The summed E-state index contributed by atoms with van der Waals surface area (Å²) >= 11 is 0. The fraction of sp³-hybridized carbons (Fsp3) is 0.333.